The summed E-state index contributed by atoms with van der Waals surface area (Å²) in [6, 6.07) is 12.4. The highest BCUT2D eigenvalue weighted by molar-refractivity contribution is 5.96. The van der Waals surface area contributed by atoms with Gasteiger partial charge in [-0.2, -0.15) is 0 Å². The van der Waals surface area contributed by atoms with E-state index >= 15 is 0 Å². The number of rotatable bonds is 10. The Balaban J connectivity index is 1.12. The van der Waals surface area contributed by atoms with Crippen LogP contribution in [0, 0.1) is 0 Å². The summed E-state index contributed by atoms with van der Waals surface area (Å²) in [5.74, 6) is -0.432. The maximum atomic E-state index is 12.1. The van der Waals surface area contributed by atoms with Gasteiger partial charge in [0.25, 0.3) is 0 Å². The molecule has 0 spiro atoms. The first kappa shape index (κ1) is 31.4. The van der Waals surface area contributed by atoms with Crippen molar-refractivity contribution in [3.05, 3.63) is 82.2 Å². The Kier molecular flexibility index (Phi) is 9.80. The Morgan fingerprint density at radius 1 is 0.614 bits per heavy atom. The van der Waals surface area contributed by atoms with Crippen LogP contribution in [0.2, 0.25) is 0 Å². The summed E-state index contributed by atoms with van der Waals surface area (Å²) in [6.45, 7) is 16.1. The van der Waals surface area contributed by atoms with Crippen molar-refractivity contribution >= 4 is 23.6 Å². The Bertz CT molecular complexity index is 1350. The van der Waals surface area contributed by atoms with Crippen molar-refractivity contribution in [1.29, 1.82) is 0 Å². The van der Waals surface area contributed by atoms with E-state index in [0.29, 0.717) is 22.8 Å². The SMILES string of the molecule is CC(C)c1ccnc(N2CCN(Cc3ccc(CN4CCN(c5nccc(C(C)C)c5C(=O)O)CC4)cc3)CC2)c1C(=O)O. The molecule has 2 aliphatic rings. The molecule has 2 fully saturated rings. The van der Waals surface area contributed by atoms with E-state index in [0.717, 1.165) is 76.6 Å². The number of aromatic carboxylic acids is 2. The van der Waals surface area contributed by atoms with Crippen LogP contribution in [0.15, 0.2) is 48.8 Å². The number of carboxylic acid groups (broad SMARTS) is 2. The number of pyridine rings is 2. The van der Waals surface area contributed by atoms with Crippen LogP contribution in [-0.4, -0.2) is 94.3 Å². The molecule has 0 unspecified atom stereocenters. The van der Waals surface area contributed by atoms with Crippen LogP contribution in [0.4, 0.5) is 11.6 Å². The third-order valence-corrected chi connectivity index (χ3v) is 8.78. The second-order valence-corrected chi connectivity index (χ2v) is 12.5. The van der Waals surface area contributed by atoms with Crippen LogP contribution in [0.5, 0.6) is 0 Å². The van der Waals surface area contributed by atoms with Crippen LogP contribution >= 0.6 is 0 Å². The standard InChI is InChI=1S/C34H44N6O4/c1-23(2)27-9-11-35-31(29(27)33(41)42)39-17-13-37(14-18-39)21-25-5-7-26(8-6-25)22-38-15-19-40(20-16-38)32-30(34(43)44)28(24(3)4)10-12-36-32/h5-12,23-24H,13-22H2,1-4H3,(H,41,42)(H,43,44). The zero-order valence-electron chi connectivity index (χ0n) is 26.2. The molecule has 3 aromatic rings. The summed E-state index contributed by atoms with van der Waals surface area (Å²) >= 11 is 0. The summed E-state index contributed by atoms with van der Waals surface area (Å²) in [5.41, 5.74) is 4.83. The van der Waals surface area contributed by atoms with Gasteiger partial charge in [-0.1, -0.05) is 52.0 Å². The van der Waals surface area contributed by atoms with Crippen molar-refractivity contribution < 1.29 is 19.8 Å². The zero-order valence-corrected chi connectivity index (χ0v) is 26.2. The quantitative estimate of drug-likeness (QED) is 0.338. The van der Waals surface area contributed by atoms with E-state index in [2.05, 4.69) is 53.8 Å². The van der Waals surface area contributed by atoms with Crippen LogP contribution in [0.3, 0.4) is 0 Å². The Labute approximate surface area is 259 Å². The first-order valence-corrected chi connectivity index (χ1v) is 15.6. The molecule has 2 N–H and O–H groups in total. The molecule has 10 nitrogen and oxygen atoms in total. The highest BCUT2D eigenvalue weighted by Crippen LogP contribution is 2.29. The fourth-order valence-corrected chi connectivity index (χ4v) is 6.31. The molecule has 5 rings (SSSR count). The molecule has 0 atom stereocenters. The summed E-state index contributed by atoms with van der Waals surface area (Å²) < 4.78 is 0. The molecule has 234 valence electrons. The summed E-state index contributed by atoms with van der Waals surface area (Å²) in [4.78, 5) is 42.1. The number of piperazine rings is 2. The minimum absolute atomic E-state index is 0.119. The number of nitrogens with zero attached hydrogens (tertiary/aromatic N) is 6. The zero-order chi connectivity index (χ0) is 31.4. The third kappa shape index (κ3) is 7.03. The van der Waals surface area contributed by atoms with Gasteiger partial charge in [0.2, 0.25) is 0 Å². The van der Waals surface area contributed by atoms with Gasteiger partial charge in [-0.3, -0.25) is 9.80 Å². The van der Waals surface area contributed by atoms with Gasteiger partial charge in [0, 0.05) is 77.8 Å². The normalized spacial score (nSPS) is 16.6. The summed E-state index contributed by atoms with van der Waals surface area (Å²) in [5, 5.41) is 19.8. The molecule has 4 heterocycles. The van der Waals surface area contributed by atoms with Crippen molar-refractivity contribution in [2.45, 2.75) is 52.6 Å². The number of hydrogen-bond donors (Lipinski definition) is 2. The molecule has 10 heteroatoms. The lowest BCUT2D eigenvalue weighted by atomic mass is 9.98. The maximum absolute atomic E-state index is 12.1. The van der Waals surface area contributed by atoms with Gasteiger partial charge in [0.15, 0.2) is 0 Å². The topological polar surface area (TPSA) is 113 Å². The molecule has 2 saturated heterocycles. The second-order valence-electron chi connectivity index (χ2n) is 12.5. The van der Waals surface area contributed by atoms with E-state index in [1.54, 1.807) is 12.4 Å². The summed E-state index contributed by atoms with van der Waals surface area (Å²) in [7, 11) is 0. The predicted molar refractivity (Wildman–Crippen MR) is 172 cm³/mol. The fourth-order valence-electron chi connectivity index (χ4n) is 6.31. The molecule has 1 aromatic carbocycles. The van der Waals surface area contributed by atoms with Crippen molar-refractivity contribution in [2.24, 2.45) is 0 Å². The number of benzene rings is 1. The van der Waals surface area contributed by atoms with Gasteiger partial charge in [0.1, 0.15) is 22.8 Å². The van der Waals surface area contributed by atoms with Gasteiger partial charge in [-0.25, -0.2) is 19.6 Å². The average molecular weight is 601 g/mol. The largest absolute Gasteiger partial charge is 0.478 e. The molecule has 0 amide bonds. The molecular formula is C34H44N6O4. The Hall–Kier alpha value is -4.02. The highest BCUT2D eigenvalue weighted by Gasteiger charge is 2.27. The monoisotopic (exact) mass is 600 g/mol. The average Bonchev–Trinajstić information content (AvgIpc) is 3.02. The van der Waals surface area contributed by atoms with Crippen molar-refractivity contribution in [3.63, 3.8) is 0 Å². The van der Waals surface area contributed by atoms with Crippen LogP contribution in [0.1, 0.15) is 82.5 Å². The molecule has 0 bridgehead atoms. The Morgan fingerprint density at radius 3 is 1.25 bits per heavy atom. The first-order valence-electron chi connectivity index (χ1n) is 15.6. The van der Waals surface area contributed by atoms with E-state index in [1.807, 2.05) is 39.8 Å². The summed E-state index contributed by atoms with van der Waals surface area (Å²) in [6.07, 6.45) is 3.45. The molecule has 44 heavy (non-hydrogen) atoms. The van der Waals surface area contributed by atoms with E-state index in [9.17, 15) is 19.8 Å². The van der Waals surface area contributed by atoms with Crippen LogP contribution < -0.4 is 9.80 Å². The third-order valence-electron chi connectivity index (χ3n) is 8.78. The van der Waals surface area contributed by atoms with Crippen LogP contribution in [-0.2, 0) is 13.1 Å². The molecule has 0 radical (unpaired) electrons. The van der Waals surface area contributed by atoms with E-state index in [-0.39, 0.29) is 11.8 Å². The number of aromatic nitrogens is 2. The predicted octanol–water partition coefficient (Wildman–Crippen LogP) is 4.76. The van der Waals surface area contributed by atoms with Gasteiger partial charge in [-0.15, -0.1) is 0 Å². The molecule has 0 aliphatic carbocycles. The Morgan fingerprint density at radius 2 is 0.955 bits per heavy atom. The first-order chi connectivity index (χ1) is 21.1. The van der Waals surface area contributed by atoms with E-state index < -0.39 is 11.9 Å². The van der Waals surface area contributed by atoms with E-state index in [1.165, 1.54) is 11.1 Å². The number of anilines is 2. The van der Waals surface area contributed by atoms with Gasteiger partial charge < -0.3 is 20.0 Å². The molecule has 2 aliphatic heterocycles. The fraction of sp³-hybridized carbons (Fsp3) is 0.471. The van der Waals surface area contributed by atoms with E-state index in [4.69, 9.17) is 0 Å². The maximum Gasteiger partial charge on any atom is 0.339 e. The van der Waals surface area contributed by atoms with Gasteiger partial charge >= 0.3 is 11.9 Å². The van der Waals surface area contributed by atoms with Gasteiger partial charge in [-0.05, 0) is 46.2 Å². The lowest BCUT2D eigenvalue weighted by Crippen LogP contribution is -2.47. The van der Waals surface area contributed by atoms with Crippen molar-refractivity contribution in [1.82, 2.24) is 19.8 Å². The number of carboxylic acids is 2. The number of hydrogen-bond acceptors (Lipinski definition) is 8. The molecule has 2 aromatic heterocycles. The number of carbonyl (C=O) groups is 2. The van der Waals surface area contributed by atoms with Gasteiger partial charge in [0.05, 0.1) is 0 Å². The lowest BCUT2D eigenvalue weighted by molar-refractivity contribution is 0.0684. The minimum atomic E-state index is -0.915. The highest BCUT2D eigenvalue weighted by atomic mass is 16.4. The van der Waals surface area contributed by atoms with Crippen molar-refractivity contribution in [3.8, 4) is 0 Å². The van der Waals surface area contributed by atoms with Crippen molar-refractivity contribution in [2.75, 3.05) is 62.2 Å². The second kappa shape index (κ2) is 13.7. The molecule has 0 saturated carbocycles. The molecular weight excluding hydrogens is 556 g/mol. The minimum Gasteiger partial charge on any atom is -0.478 e. The van der Waals surface area contributed by atoms with Crippen LogP contribution in [0.25, 0.3) is 0 Å². The smallest absolute Gasteiger partial charge is 0.339 e. The lowest BCUT2D eigenvalue weighted by Gasteiger charge is -2.36.